The molecule has 14 heavy (non-hydrogen) atoms. The maximum Gasteiger partial charge on any atom is 0.120 e. The highest BCUT2D eigenvalue weighted by Crippen LogP contribution is 2.20. The zero-order valence-electron chi connectivity index (χ0n) is 8.78. The minimum atomic E-state index is 0.659. The summed E-state index contributed by atoms with van der Waals surface area (Å²) in [5, 5.41) is 1.71. The third kappa shape index (κ3) is 2.61. The molecule has 1 aromatic rings. The van der Waals surface area contributed by atoms with Crippen LogP contribution in [0.1, 0.15) is 5.56 Å². The third-order valence-electron chi connectivity index (χ3n) is 2.06. The Kier molecular flexibility index (Phi) is 3.73. The van der Waals surface area contributed by atoms with E-state index in [0.717, 1.165) is 11.3 Å². The molecule has 0 radical (unpaired) electrons. The quantitative estimate of drug-likeness (QED) is 0.582. The van der Waals surface area contributed by atoms with Crippen molar-refractivity contribution in [2.75, 3.05) is 27.0 Å². The predicted octanol–water partition coefficient (Wildman–Crippen LogP) is 1.27. The second kappa shape index (κ2) is 4.83. The molecular weight excluding hydrogens is 180 g/mol. The van der Waals surface area contributed by atoms with Gasteiger partial charge in [-0.25, -0.2) is 0 Å². The van der Waals surface area contributed by atoms with Gasteiger partial charge in [-0.3, -0.25) is 0 Å². The SMILES string of the molecule is COc1ccc(CN(C)OC)c(N)c1. The van der Waals surface area contributed by atoms with Gasteiger partial charge in [0.05, 0.1) is 20.8 Å². The van der Waals surface area contributed by atoms with Crippen LogP contribution in [0.2, 0.25) is 0 Å². The molecular formula is C10H16N2O2. The summed E-state index contributed by atoms with van der Waals surface area (Å²) < 4.78 is 5.06. The second-order valence-corrected chi connectivity index (χ2v) is 3.03. The molecule has 0 heterocycles. The molecule has 0 amide bonds. The van der Waals surface area contributed by atoms with Crippen molar-refractivity contribution < 1.29 is 9.57 Å². The zero-order valence-corrected chi connectivity index (χ0v) is 8.78. The molecule has 4 nitrogen and oxygen atoms in total. The first kappa shape index (κ1) is 10.8. The Hall–Kier alpha value is -1.26. The highest BCUT2D eigenvalue weighted by atomic mass is 16.7. The van der Waals surface area contributed by atoms with E-state index < -0.39 is 0 Å². The van der Waals surface area contributed by atoms with Gasteiger partial charge in [0, 0.05) is 18.8 Å². The third-order valence-corrected chi connectivity index (χ3v) is 2.06. The molecule has 0 aliphatic heterocycles. The Bertz CT molecular complexity index is 302. The lowest BCUT2D eigenvalue weighted by Gasteiger charge is -2.15. The number of benzene rings is 1. The Balaban J connectivity index is 2.78. The van der Waals surface area contributed by atoms with Crippen molar-refractivity contribution in [3.8, 4) is 5.75 Å². The van der Waals surface area contributed by atoms with Crippen molar-refractivity contribution >= 4 is 5.69 Å². The highest BCUT2D eigenvalue weighted by Gasteiger charge is 2.03. The number of methoxy groups -OCH3 is 1. The van der Waals surface area contributed by atoms with Gasteiger partial charge in [0.2, 0.25) is 0 Å². The summed E-state index contributed by atoms with van der Waals surface area (Å²) >= 11 is 0. The number of nitrogens with two attached hydrogens (primary N) is 1. The fraction of sp³-hybridized carbons (Fsp3) is 0.400. The summed E-state index contributed by atoms with van der Waals surface area (Å²) in [5.74, 6) is 0.770. The molecule has 4 heteroatoms. The van der Waals surface area contributed by atoms with Gasteiger partial charge in [0.25, 0.3) is 0 Å². The van der Waals surface area contributed by atoms with E-state index in [1.165, 1.54) is 0 Å². The Morgan fingerprint density at radius 3 is 2.57 bits per heavy atom. The molecule has 0 bridgehead atoms. The minimum absolute atomic E-state index is 0.659. The van der Waals surface area contributed by atoms with Crippen LogP contribution in [0, 0.1) is 0 Å². The fourth-order valence-electron chi connectivity index (χ4n) is 1.15. The molecule has 0 aliphatic rings. The van der Waals surface area contributed by atoms with Crippen molar-refractivity contribution in [2.45, 2.75) is 6.54 Å². The van der Waals surface area contributed by atoms with E-state index in [9.17, 15) is 0 Å². The van der Waals surface area contributed by atoms with Gasteiger partial charge in [0.15, 0.2) is 0 Å². The van der Waals surface area contributed by atoms with Gasteiger partial charge in [-0.1, -0.05) is 6.07 Å². The summed E-state index contributed by atoms with van der Waals surface area (Å²) in [6.07, 6.45) is 0. The van der Waals surface area contributed by atoms with E-state index in [0.29, 0.717) is 12.2 Å². The van der Waals surface area contributed by atoms with Gasteiger partial charge < -0.3 is 15.3 Å². The predicted molar refractivity (Wildman–Crippen MR) is 55.9 cm³/mol. The summed E-state index contributed by atoms with van der Waals surface area (Å²) in [5.41, 5.74) is 7.58. The Morgan fingerprint density at radius 2 is 2.07 bits per heavy atom. The maximum absolute atomic E-state index is 5.84. The van der Waals surface area contributed by atoms with Gasteiger partial charge >= 0.3 is 0 Å². The Labute approximate surface area is 84.2 Å². The number of hydroxylamine groups is 2. The van der Waals surface area contributed by atoms with E-state index in [1.807, 2.05) is 19.2 Å². The molecule has 2 N–H and O–H groups in total. The summed E-state index contributed by atoms with van der Waals surface area (Å²) in [6.45, 7) is 0.659. The molecule has 1 aromatic carbocycles. The van der Waals surface area contributed by atoms with Gasteiger partial charge in [-0.05, 0) is 11.6 Å². The van der Waals surface area contributed by atoms with Crippen LogP contribution in [0.15, 0.2) is 18.2 Å². The number of nitrogen functional groups attached to an aromatic ring is 1. The van der Waals surface area contributed by atoms with Crippen molar-refractivity contribution in [3.63, 3.8) is 0 Å². The first-order chi connectivity index (χ1) is 6.67. The van der Waals surface area contributed by atoms with Crippen molar-refractivity contribution in [3.05, 3.63) is 23.8 Å². The molecule has 1 rings (SSSR count). The first-order valence-electron chi connectivity index (χ1n) is 4.35. The summed E-state index contributed by atoms with van der Waals surface area (Å²) in [6, 6.07) is 5.62. The summed E-state index contributed by atoms with van der Waals surface area (Å²) in [7, 11) is 5.10. The lowest BCUT2D eigenvalue weighted by molar-refractivity contribution is -0.116. The number of rotatable bonds is 4. The number of hydrogen-bond donors (Lipinski definition) is 1. The summed E-state index contributed by atoms with van der Waals surface area (Å²) in [4.78, 5) is 5.01. The first-order valence-corrected chi connectivity index (χ1v) is 4.35. The van der Waals surface area contributed by atoms with Crippen LogP contribution in [0.4, 0.5) is 5.69 Å². The van der Waals surface area contributed by atoms with E-state index in [-0.39, 0.29) is 0 Å². The lowest BCUT2D eigenvalue weighted by atomic mass is 10.1. The van der Waals surface area contributed by atoms with Gasteiger partial charge in [-0.2, -0.15) is 5.06 Å². The van der Waals surface area contributed by atoms with Crippen LogP contribution in [0.3, 0.4) is 0 Å². The number of anilines is 1. The van der Waals surface area contributed by atoms with Crippen LogP contribution < -0.4 is 10.5 Å². The topological polar surface area (TPSA) is 47.7 Å². The molecule has 0 aromatic heterocycles. The molecule has 78 valence electrons. The fourth-order valence-corrected chi connectivity index (χ4v) is 1.15. The minimum Gasteiger partial charge on any atom is -0.497 e. The number of nitrogens with zero attached hydrogens (tertiary/aromatic N) is 1. The highest BCUT2D eigenvalue weighted by molar-refractivity contribution is 5.51. The van der Waals surface area contributed by atoms with Crippen LogP contribution >= 0.6 is 0 Å². The van der Waals surface area contributed by atoms with Crippen LogP contribution in [0.25, 0.3) is 0 Å². The smallest absolute Gasteiger partial charge is 0.120 e. The van der Waals surface area contributed by atoms with E-state index in [1.54, 1.807) is 25.3 Å². The van der Waals surface area contributed by atoms with Crippen LogP contribution in [0.5, 0.6) is 5.75 Å². The van der Waals surface area contributed by atoms with Gasteiger partial charge in [-0.15, -0.1) is 0 Å². The monoisotopic (exact) mass is 196 g/mol. The van der Waals surface area contributed by atoms with Crippen molar-refractivity contribution in [2.24, 2.45) is 0 Å². The normalized spacial score (nSPS) is 10.6. The molecule has 0 saturated carbocycles. The van der Waals surface area contributed by atoms with E-state index in [2.05, 4.69) is 0 Å². The average molecular weight is 196 g/mol. The zero-order chi connectivity index (χ0) is 10.6. The molecule has 0 spiro atoms. The molecule has 0 fully saturated rings. The Morgan fingerprint density at radius 1 is 1.36 bits per heavy atom. The van der Waals surface area contributed by atoms with Crippen molar-refractivity contribution in [1.82, 2.24) is 5.06 Å². The van der Waals surface area contributed by atoms with E-state index >= 15 is 0 Å². The van der Waals surface area contributed by atoms with Gasteiger partial charge in [0.1, 0.15) is 5.75 Å². The molecule has 0 unspecified atom stereocenters. The number of ether oxygens (including phenoxy) is 1. The number of hydrogen-bond acceptors (Lipinski definition) is 4. The van der Waals surface area contributed by atoms with Crippen molar-refractivity contribution in [1.29, 1.82) is 0 Å². The van der Waals surface area contributed by atoms with Crippen LogP contribution in [-0.4, -0.2) is 26.3 Å². The molecule has 0 atom stereocenters. The molecule has 0 aliphatic carbocycles. The van der Waals surface area contributed by atoms with Crippen LogP contribution in [-0.2, 0) is 11.4 Å². The standard InChI is InChI=1S/C10H16N2O2/c1-12(14-3)7-8-4-5-9(13-2)6-10(8)11/h4-6H,7,11H2,1-3H3. The average Bonchev–Trinajstić information content (AvgIpc) is 2.20. The largest absolute Gasteiger partial charge is 0.497 e. The lowest BCUT2D eigenvalue weighted by Crippen LogP contribution is -2.16. The molecule has 0 saturated heterocycles. The maximum atomic E-state index is 5.84. The van der Waals surface area contributed by atoms with E-state index in [4.69, 9.17) is 15.3 Å². The second-order valence-electron chi connectivity index (χ2n) is 3.03.